The van der Waals surface area contributed by atoms with Crippen molar-refractivity contribution >= 4 is 22.5 Å². The summed E-state index contributed by atoms with van der Waals surface area (Å²) in [5.74, 6) is 0. The molecule has 2 heterocycles. The van der Waals surface area contributed by atoms with Gasteiger partial charge in [-0.2, -0.15) is 0 Å². The first-order valence-electron chi connectivity index (χ1n) is 4.74. The highest BCUT2D eigenvalue weighted by Gasteiger charge is 2.18. The van der Waals surface area contributed by atoms with E-state index in [1.165, 1.54) is 22.2 Å². The highest BCUT2D eigenvalue weighted by Crippen LogP contribution is 2.30. The number of rotatable bonds is 0. The Kier molecular flexibility index (Phi) is 1.64. The zero-order valence-electron chi connectivity index (χ0n) is 7.97. The minimum Gasteiger partial charge on any atom is -0.346 e. The first-order valence-corrected chi connectivity index (χ1v) is 5.11. The summed E-state index contributed by atoms with van der Waals surface area (Å²) in [7, 11) is 2.10. The Morgan fingerprint density at radius 2 is 2.21 bits per heavy atom. The van der Waals surface area contributed by atoms with Gasteiger partial charge in [-0.3, -0.25) is 0 Å². The molecule has 0 radical (unpaired) electrons. The second-order valence-corrected chi connectivity index (χ2v) is 4.19. The van der Waals surface area contributed by atoms with Gasteiger partial charge in [-0.1, -0.05) is 17.7 Å². The van der Waals surface area contributed by atoms with Gasteiger partial charge in [0.15, 0.2) is 0 Å². The summed E-state index contributed by atoms with van der Waals surface area (Å²) in [4.78, 5) is 0. The number of halogens is 1. The molecule has 1 aromatic carbocycles. The predicted octanol–water partition coefficient (Wildman–Crippen LogP) is 2.43. The van der Waals surface area contributed by atoms with E-state index < -0.39 is 0 Å². The molecule has 72 valence electrons. The van der Waals surface area contributed by atoms with Crippen LogP contribution in [-0.4, -0.2) is 4.57 Å². The van der Waals surface area contributed by atoms with Crippen molar-refractivity contribution in [3.63, 3.8) is 0 Å². The molecular formula is C11H11ClN2. The lowest BCUT2D eigenvalue weighted by molar-refractivity contribution is 0.733. The Labute approximate surface area is 87.5 Å². The maximum absolute atomic E-state index is 5.98. The van der Waals surface area contributed by atoms with Crippen LogP contribution < -0.4 is 5.32 Å². The number of benzene rings is 1. The average Bonchev–Trinajstić information content (AvgIpc) is 2.72. The van der Waals surface area contributed by atoms with Crippen LogP contribution >= 0.6 is 11.6 Å². The Morgan fingerprint density at radius 1 is 1.36 bits per heavy atom. The molecule has 1 aromatic heterocycles. The van der Waals surface area contributed by atoms with Crippen molar-refractivity contribution in [2.24, 2.45) is 7.05 Å². The van der Waals surface area contributed by atoms with Crippen LogP contribution in [0.4, 0.5) is 0 Å². The van der Waals surface area contributed by atoms with Crippen LogP contribution in [0.2, 0.25) is 5.02 Å². The van der Waals surface area contributed by atoms with E-state index in [2.05, 4.69) is 23.0 Å². The SMILES string of the molecule is Cn1c2c(c3ccc(Cl)cc31)CNC2. The van der Waals surface area contributed by atoms with E-state index >= 15 is 0 Å². The quantitative estimate of drug-likeness (QED) is 0.701. The molecule has 0 bridgehead atoms. The van der Waals surface area contributed by atoms with Gasteiger partial charge in [0.1, 0.15) is 0 Å². The van der Waals surface area contributed by atoms with Gasteiger partial charge in [0.25, 0.3) is 0 Å². The third-order valence-corrected chi connectivity index (χ3v) is 3.23. The number of hydrogen-bond donors (Lipinski definition) is 1. The monoisotopic (exact) mass is 206 g/mol. The molecule has 1 aliphatic heterocycles. The Morgan fingerprint density at radius 3 is 3.07 bits per heavy atom. The predicted molar refractivity (Wildman–Crippen MR) is 58.5 cm³/mol. The smallest absolute Gasteiger partial charge is 0.0498 e. The number of fused-ring (bicyclic) bond motifs is 3. The minimum absolute atomic E-state index is 0.810. The van der Waals surface area contributed by atoms with Gasteiger partial charge in [0.2, 0.25) is 0 Å². The molecule has 0 saturated heterocycles. The second kappa shape index (κ2) is 2.75. The fraction of sp³-hybridized carbons (Fsp3) is 0.273. The third-order valence-electron chi connectivity index (χ3n) is 2.99. The molecule has 3 rings (SSSR count). The lowest BCUT2D eigenvalue weighted by Crippen LogP contribution is -2.04. The minimum atomic E-state index is 0.810. The fourth-order valence-corrected chi connectivity index (χ4v) is 2.44. The van der Waals surface area contributed by atoms with Crippen LogP contribution in [-0.2, 0) is 20.1 Å². The standard InChI is InChI=1S/C11H11ClN2/c1-14-10-4-7(12)2-3-8(10)9-5-13-6-11(9)14/h2-4,13H,5-6H2,1H3. The highest BCUT2D eigenvalue weighted by molar-refractivity contribution is 6.31. The lowest BCUT2D eigenvalue weighted by Gasteiger charge is -2.01. The van der Waals surface area contributed by atoms with Crippen LogP contribution in [0.1, 0.15) is 11.3 Å². The van der Waals surface area contributed by atoms with Gasteiger partial charge >= 0.3 is 0 Å². The number of hydrogen-bond acceptors (Lipinski definition) is 1. The van der Waals surface area contributed by atoms with Crippen molar-refractivity contribution < 1.29 is 0 Å². The van der Waals surface area contributed by atoms with Crippen LogP contribution in [0.25, 0.3) is 10.9 Å². The Bertz CT molecular complexity index is 513. The Balaban J connectivity index is 2.45. The van der Waals surface area contributed by atoms with Crippen molar-refractivity contribution in [1.82, 2.24) is 9.88 Å². The first-order chi connectivity index (χ1) is 6.77. The van der Waals surface area contributed by atoms with Crippen LogP contribution in [0.5, 0.6) is 0 Å². The molecule has 0 spiro atoms. The molecule has 0 fully saturated rings. The van der Waals surface area contributed by atoms with E-state index in [-0.39, 0.29) is 0 Å². The highest BCUT2D eigenvalue weighted by atomic mass is 35.5. The number of aryl methyl sites for hydroxylation is 1. The van der Waals surface area contributed by atoms with Crippen LogP contribution in [0.15, 0.2) is 18.2 Å². The number of aromatic nitrogens is 1. The van der Waals surface area contributed by atoms with Crippen LogP contribution in [0.3, 0.4) is 0 Å². The summed E-state index contributed by atoms with van der Waals surface area (Å²) in [6.07, 6.45) is 0. The van der Waals surface area contributed by atoms with Gasteiger partial charge in [0.05, 0.1) is 0 Å². The topological polar surface area (TPSA) is 17.0 Å². The van der Waals surface area contributed by atoms with Crippen molar-refractivity contribution in [3.05, 3.63) is 34.5 Å². The fourth-order valence-electron chi connectivity index (χ4n) is 2.27. The molecule has 0 atom stereocenters. The van der Waals surface area contributed by atoms with Crippen molar-refractivity contribution in [2.75, 3.05) is 0 Å². The molecule has 14 heavy (non-hydrogen) atoms. The molecule has 1 aliphatic rings. The summed E-state index contributed by atoms with van der Waals surface area (Å²) < 4.78 is 2.23. The van der Waals surface area contributed by atoms with E-state index in [0.717, 1.165) is 18.1 Å². The molecule has 1 N–H and O–H groups in total. The van der Waals surface area contributed by atoms with Crippen molar-refractivity contribution in [1.29, 1.82) is 0 Å². The summed E-state index contributed by atoms with van der Waals surface area (Å²) >= 11 is 5.98. The molecule has 2 nitrogen and oxygen atoms in total. The van der Waals surface area contributed by atoms with Crippen molar-refractivity contribution in [2.45, 2.75) is 13.1 Å². The number of nitrogens with one attached hydrogen (secondary N) is 1. The van der Waals surface area contributed by atoms with E-state index in [0.29, 0.717) is 0 Å². The normalized spacial score (nSPS) is 15.0. The molecule has 0 saturated carbocycles. The molecular weight excluding hydrogens is 196 g/mol. The van der Waals surface area contributed by atoms with Gasteiger partial charge in [-0.25, -0.2) is 0 Å². The van der Waals surface area contributed by atoms with Gasteiger partial charge < -0.3 is 9.88 Å². The van der Waals surface area contributed by atoms with E-state index in [9.17, 15) is 0 Å². The largest absolute Gasteiger partial charge is 0.346 e. The van der Waals surface area contributed by atoms with E-state index in [1.54, 1.807) is 0 Å². The summed E-state index contributed by atoms with van der Waals surface area (Å²) in [6.45, 7) is 1.95. The Hall–Kier alpha value is -0.990. The van der Waals surface area contributed by atoms with E-state index in [4.69, 9.17) is 11.6 Å². The second-order valence-electron chi connectivity index (χ2n) is 3.75. The first kappa shape index (κ1) is 8.33. The number of nitrogens with zero attached hydrogens (tertiary/aromatic N) is 1. The molecule has 0 unspecified atom stereocenters. The van der Waals surface area contributed by atoms with Gasteiger partial charge in [-0.15, -0.1) is 0 Å². The summed E-state index contributed by atoms with van der Waals surface area (Å²) in [5.41, 5.74) is 4.06. The third kappa shape index (κ3) is 0.954. The van der Waals surface area contributed by atoms with Gasteiger partial charge in [-0.05, 0) is 17.7 Å². The van der Waals surface area contributed by atoms with Gasteiger partial charge in [0, 0.05) is 41.8 Å². The lowest BCUT2D eigenvalue weighted by atomic mass is 10.1. The molecule has 2 aromatic rings. The molecule has 0 aliphatic carbocycles. The van der Waals surface area contributed by atoms with E-state index in [1.807, 2.05) is 12.1 Å². The van der Waals surface area contributed by atoms with Crippen molar-refractivity contribution in [3.8, 4) is 0 Å². The maximum atomic E-state index is 5.98. The zero-order chi connectivity index (χ0) is 9.71. The summed E-state index contributed by atoms with van der Waals surface area (Å²) in [6, 6.07) is 6.11. The maximum Gasteiger partial charge on any atom is 0.0498 e. The molecule has 3 heteroatoms. The zero-order valence-corrected chi connectivity index (χ0v) is 8.73. The average molecular weight is 207 g/mol. The van der Waals surface area contributed by atoms with Crippen LogP contribution in [0, 0.1) is 0 Å². The summed E-state index contributed by atoms with van der Waals surface area (Å²) in [5, 5.41) is 5.50. The molecule has 0 amide bonds.